The number of carbonyl (C=O) groups excluding carboxylic acids is 1. The molecule has 3 nitrogen and oxygen atoms in total. The molecule has 0 saturated carbocycles. The molecule has 2 aromatic rings. The number of halogens is 1. The fourth-order valence-corrected chi connectivity index (χ4v) is 2.77. The maximum Gasteiger partial charge on any atom is 0.224 e. The van der Waals surface area contributed by atoms with Crippen molar-refractivity contribution in [1.82, 2.24) is 10.3 Å². The fourth-order valence-electron chi connectivity index (χ4n) is 1.77. The van der Waals surface area contributed by atoms with Crippen molar-refractivity contribution in [2.24, 2.45) is 0 Å². The van der Waals surface area contributed by atoms with Crippen molar-refractivity contribution >= 4 is 28.8 Å². The molecule has 1 N–H and O–H groups in total. The summed E-state index contributed by atoms with van der Waals surface area (Å²) < 4.78 is 0. The number of aryl methyl sites for hydroxylation is 2. The summed E-state index contributed by atoms with van der Waals surface area (Å²) in [4.78, 5) is 17.3. The molecule has 0 spiro atoms. The van der Waals surface area contributed by atoms with Gasteiger partial charge in [0.2, 0.25) is 5.91 Å². The van der Waals surface area contributed by atoms with E-state index in [1.165, 1.54) is 0 Å². The number of carbonyl (C=O) groups is 1. The van der Waals surface area contributed by atoms with Crippen LogP contribution in [0.3, 0.4) is 0 Å². The van der Waals surface area contributed by atoms with E-state index in [9.17, 15) is 4.79 Å². The molecule has 0 aliphatic heterocycles. The van der Waals surface area contributed by atoms with Gasteiger partial charge in [-0.1, -0.05) is 23.7 Å². The highest BCUT2D eigenvalue weighted by Crippen LogP contribution is 2.16. The summed E-state index contributed by atoms with van der Waals surface area (Å²) in [5, 5.41) is 4.62. The molecule has 0 saturated heterocycles. The predicted octanol–water partition coefficient (Wildman–Crippen LogP) is 3.27. The van der Waals surface area contributed by atoms with Gasteiger partial charge in [-0.3, -0.25) is 4.79 Å². The van der Waals surface area contributed by atoms with Crippen molar-refractivity contribution < 1.29 is 4.79 Å². The number of hydrogen-bond donors (Lipinski definition) is 1. The second-order valence-corrected chi connectivity index (χ2v) is 6.05. The van der Waals surface area contributed by atoms with E-state index in [-0.39, 0.29) is 5.91 Å². The maximum absolute atomic E-state index is 11.8. The number of amides is 1. The Bertz CT molecular complexity index is 578. The molecule has 0 radical (unpaired) electrons. The van der Waals surface area contributed by atoms with E-state index in [4.69, 9.17) is 11.6 Å². The standard InChI is InChI=1S/C14H15ClN2OS/c1-9-13(19-10(2)17-9)8-16-14(18)7-11-3-5-12(15)6-4-11/h3-6H,7-8H2,1-2H3,(H,16,18). The van der Waals surface area contributed by atoms with Crippen LogP contribution in [-0.2, 0) is 17.8 Å². The van der Waals surface area contributed by atoms with Crippen molar-refractivity contribution in [1.29, 1.82) is 0 Å². The van der Waals surface area contributed by atoms with Crippen molar-refractivity contribution in [2.75, 3.05) is 0 Å². The normalized spacial score (nSPS) is 10.5. The quantitative estimate of drug-likeness (QED) is 0.940. The van der Waals surface area contributed by atoms with Crippen LogP contribution < -0.4 is 5.32 Å². The van der Waals surface area contributed by atoms with E-state index in [0.717, 1.165) is 21.1 Å². The third-order valence-corrected chi connectivity index (χ3v) is 4.05. The lowest BCUT2D eigenvalue weighted by Gasteiger charge is -2.04. The van der Waals surface area contributed by atoms with Gasteiger partial charge in [0.05, 0.1) is 23.7 Å². The molecular formula is C14H15ClN2OS. The van der Waals surface area contributed by atoms with Gasteiger partial charge in [-0.2, -0.15) is 0 Å². The zero-order valence-electron chi connectivity index (χ0n) is 10.9. The highest BCUT2D eigenvalue weighted by molar-refractivity contribution is 7.11. The Balaban J connectivity index is 1.88. The summed E-state index contributed by atoms with van der Waals surface area (Å²) in [7, 11) is 0. The van der Waals surface area contributed by atoms with Gasteiger partial charge in [0.1, 0.15) is 0 Å². The zero-order valence-corrected chi connectivity index (χ0v) is 12.4. The molecule has 5 heteroatoms. The predicted molar refractivity (Wildman–Crippen MR) is 78.6 cm³/mol. The molecule has 0 unspecified atom stereocenters. The van der Waals surface area contributed by atoms with Gasteiger partial charge in [-0.25, -0.2) is 4.98 Å². The molecule has 2 rings (SSSR count). The minimum Gasteiger partial charge on any atom is -0.351 e. The van der Waals surface area contributed by atoms with E-state index in [2.05, 4.69) is 10.3 Å². The van der Waals surface area contributed by atoms with E-state index >= 15 is 0 Å². The van der Waals surface area contributed by atoms with E-state index in [0.29, 0.717) is 18.0 Å². The SMILES string of the molecule is Cc1nc(C)c(CNC(=O)Cc2ccc(Cl)cc2)s1. The summed E-state index contributed by atoms with van der Waals surface area (Å²) in [6.07, 6.45) is 0.369. The summed E-state index contributed by atoms with van der Waals surface area (Å²) in [6.45, 7) is 4.48. The molecule has 1 aromatic heterocycles. The van der Waals surface area contributed by atoms with Crippen LogP contribution in [0.5, 0.6) is 0 Å². The van der Waals surface area contributed by atoms with Crippen LogP contribution in [-0.4, -0.2) is 10.9 Å². The lowest BCUT2D eigenvalue weighted by Crippen LogP contribution is -2.24. The topological polar surface area (TPSA) is 42.0 Å². The van der Waals surface area contributed by atoms with Crippen molar-refractivity contribution in [3.8, 4) is 0 Å². The highest BCUT2D eigenvalue weighted by Gasteiger charge is 2.07. The van der Waals surface area contributed by atoms with Crippen LogP contribution >= 0.6 is 22.9 Å². The molecule has 0 fully saturated rings. The van der Waals surface area contributed by atoms with Gasteiger partial charge >= 0.3 is 0 Å². The Morgan fingerprint density at radius 2 is 2.00 bits per heavy atom. The number of rotatable bonds is 4. The summed E-state index contributed by atoms with van der Waals surface area (Å²) in [6, 6.07) is 7.32. The van der Waals surface area contributed by atoms with E-state index < -0.39 is 0 Å². The van der Waals surface area contributed by atoms with E-state index in [1.54, 1.807) is 23.5 Å². The molecule has 1 heterocycles. The third kappa shape index (κ3) is 4.04. The molecule has 19 heavy (non-hydrogen) atoms. The lowest BCUT2D eigenvalue weighted by molar-refractivity contribution is -0.120. The molecule has 1 amide bonds. The van der Waals surface area contributed by atoms with E-state index in [1.807, 2.05) is 26.0 Å². The van der Waals surface area contributed by atoms with Crippen LogP contribution in [0.1, 0.15) is 21.1 Å². The minimum absolute atomic E-state index is 0.00720. The molecule has 0 bridgehead atoms. The highest BCUT2D eigenvalue weighted by atomic mass is 35.5. The largest absolute Gasteiger partial charge is 0.351 e. The van der Waals surface area contributed by atoms with Crippen LogP contribution in [0.15, 0.2) is 24.3 Å². The number of thiazole rings is 1. The van der Waals surface area contributed by atoms with Gasteiger partial charge in [0.15, 0.2) is 0 Å². The first-order chi connectivity index (χ1) is 9.04. The van der Waals surface area contributed by atoms with Gasteiger partial charge < -0.3 is 5.32 Å². The smallest absolute Gasteiger partial charge is 0.224 e. The molecule has 1 aromatic carbocycles. The molecular weight excluding hydrogens is 280 g/mol. The van der Waals surface area contributed by atoms with Gasteiger partial charge in [-0.15, -0.1) is 11.3 Å². The molecule has 100 valence electrons. The van der Waals surface area contributed by atoms with Crippen LogP contribution in [0, 0.1) is 13.8 Å². The Kier molecular flexibility index (Phi) is 4.56. The van der Waals surface area contributed by atoms with Crippen molar-refractivity contribution in [3.05, 3.63) is 50.4 Å². The number of hydrogen-bond acceptors (Lipinski definition) is 3. The first-order valence-corrected chi connectivity index (χ1v) is 7.18. The average molecular weight is 295 g/mol. The van der Waals surface area contributed by atoms with Crippen LogP contribution in [0.4, 0.5) is 0 Å². The second kappa shape index (κ2) is 6.17. The Labute approximate surface area is 121 Å². The number of nitrogens with zero attached hydrogens (tertiary/aromatic N) is 1. The summed E-state index contributed by atoms with van der Waals surface area (Å²) in [5.41, 5.74) is 1.95. The number of nitrogens with one attached hydrogen (secondary N) is 1. The number of aromatic nitrogens is 1. The Morgan fingerprint density at radius 1 is 1.32 bits per heavy atom. The molecule has 0 aliphatic rings. The van der Waals surface area contributed by atoms with Crippen LogP contribution in [0.25, 0.3) is 0 Å². The van der Waals surface area contributed by atoms with Gasteiger partial charge in [0.25, 0.3) is 0 Å². The summed E-state index contributed by atoms with van der Waals surface area (Å²) in [5.74, 6) is 0.00720. The Morgan fingerprint density at radius 3 is 2.58 bits per heavy atom. The summed E-state index contributed by atoms with van der Waals surface area (Å²) >= 11 is 7.42. The molecule has 0 atom stereocenters. The van der Waals surface area contributed by atoms with Gasteiger partial charge in [-0.05, 0) is 31.5 Å². The van der Waals surface area contributed by atoms with Gasteiger partial charge in [0, 0.05) is 9.90 Å². The first kappa shape index (κ1) is 14.0. The zero-order chi connectivity index (χ0) is 13.8. The second-order valence-electron chi connectivity index (χ2n) is 4.32. The maximum atomic E-state index is 11.8. The van der Waals surface area contributed by atoms with Crippen LogP contribution in [0.2, 0.25) is 5.02 Å². The molecule has 0 aliphatic carbocycles. The number of benzene rings is 1. The first-order valence-electron chi connectivity index (χ1n) is 5.98. The lowest BCUT2D eigenvalue weighted by atomic mass is 10.1. The monoisotopic (exact) mass is 294 g/mol. The fraction of sp³-hybridized carbons (Fsp3) is 0.286. The van der Waals surface area contributed by atoms with Crippen molar-refractivity contribution in [2.45, 2.75) is 26.8 Å². The Hall–Kier alpha value is -1.39. The average Bonchev–Trinajstić information content (AvgIpc) is 2.68. The minimum atomic E-state index is 0.00720. The van der Waals surface area contributed by atoms with Crippen molar-refractivity contribution in [3.63, 3.8) is 0 Å². The third-order valence-electron chi connectivity index (χ3n) is 2.72.